The Morgan fingerprint density at radius 3 is 1.82 bits per heavy atom. The van der Waals surface area contributed by atoms with Crippen molar-refractivity contribution in [3.05, 3.63) is 218 Å². The highest BCUT2D eigenvalue weighted by atomic mass is 15.0. The first kappa shape index (κ1) is 35.5. The summed E-state index contributed by atoms with van der Waals surface area (Å²) in [5, 5.41) is 8.64. The fraction of sp³-hybridized carbons (Fsp3) is 0.0545. The Hall–Kier alpha value is -7.16. The van der Waals surface area contributed by atoms with Crippen LogP contribution in [-0.2, 0) is 0 Å². The maximum absolute atomic E-state index is 4.56. The van der Waals surface area contributed by atoms with Crippen LogP contribution in [0.2, 0.25) is 0 Å². The van der Waals surface area contributed by atoms with Gasteiger partial charge in [0.15, 0.2) is 0 Å². The highest BCUT2D eigenvalue weighted by Crippen LogP contribution is 2.40. The third kappa shape index (κ3) is 6.46. The molecule has 0 unspecified atom stereocenters. The van der Waals surface area contributed by atoms with E-state index in [0.717, 1.165) is 27.9 Å². The molecule has 2 nitrogen and oxygen atoms in total. The fourth-order valence-electron chi connectivity index (χ4n) is 8.29. The lowest BCUT2D eigenvalue weighted by atomic mass is 9.99. The molecule has 0 N–H and O–H groups in total. The lowest BCUT2D eigenvalue weighted by Crippen LogP contribution is -1.97. The summed E-state index contributed by atoms with van der Waals surface area (Å²) in [6, 6.07) is 65.5. The monoisotopic (exact) mass is 732 g/mol. The molecule has 0 aliphatic carbocycles. The topological polar surface area (TPSA) is 9.86 Å². The number of nitrogens with zero attached hydrogens (tertiary/aromatic N) is 2. The molecule has 10 aromatic rings. The standard InChI is InChI=1S/C53H38N2.C2H6/c1-36(38-14-5-3-6-15-38)32-45(33-37(2)39-16-7-4-8-17-39)55-51-28-26-43(35-48(51)53-47-22-12-10-19-41(47)24-29-52(53)55)42-25-27-49-44(34-42)30-31-54(49)50-23-13-20-40-18-9-11-21-46(40)50;1-2/h3-35H,1H2,2H3;1-2H3/b37-33+,45-32+;. The minimum absolute atomic E-state index is 0.962. The van der Waals surface area contributed by atoms with Crippen molar-refractivity contribution in [2.24, 2.45) is 0 Å². The zero-order valence-corrected chi connectivity index (χ0v) is 32.7. The molecule has 0 aliphatic heterocycles. The summed E-state index contributed by atoms with van der Waals surface area (Å²) in [6.07, 6.45) is 6.74. The minimum Gasteiger partial charge on any atom is -0.316 e. The molecule has 0 radical (unpaired) electrons. The van der Waals surface area contributed by atoms with Crippen molar-refractivity contribution in [3.8, 4) is 16.8 Å². The number of rotatable bonds is 7. The number of allylic oxidation sites excluding steroid dienone is 5. The first-order valence-corrected chi connectivity index (χ1v) is 19.9. The Labute approximate surface area is 334 Å². The Balaban J connectivity index is 0.00000208. The predicted molar refractivity (Wildman–Crippen MR) is 248 cm³/mol. The smallest absolute Gasteiger partial charge is 0.0547 e. The molecule has 0 saturated carbocycles. The summed E-state index contributed by atoms with van der Waals surface area (Å²) in [5.41, 5.74) is 12.6. The van der Waals surface area contributed by atoms with Crippen LogP contribution in [0.4, 0.5) is 0 Å². The number of hydrogen-bond donors (Lipinski definition) is 0. The van der Waals surface area contributed by atoms with Crippen LogP contribution in [0.1, 0.15) is 31.9 Å². The van der Waals surface area contributed by atoms with E-state index in [0.29, 0.717) is 0 Å². The Kier molecular flexibility index (Phi) is 9.46. The minimum atomic E-state index is 0.962. The second kappa shape index (κ2) is 15.2. The third-order valence-electron chi connectivity index (χ3n) is 11.0. The van der Waals surface area contributed by atoms with Crippen molar-refractivity contribution < 1.29 is 0 Å². The van der Waals surface area contributed by atoms with Gasteiger partial charge in [-0.05, 0) is 111 Å². The van der Waals surface area contributed by atoms with E-state index in [4.69, 9.17) is 0 Å². The van der Waals surface area contributed by atoms with E-state index in [-0.39, 0.29) is 0 Å². The van der Waals surface area contributed by atoms with E-state index in [1.165, 1.54) is 71.2 Å². The van der Waals surface area contributed by atoms with Gasteiger partial charge in [0.25, 0.3) is 0 Å². The van der Waals surface area contributed by atoms with Crippen molar-refractivity contribution in [2.45, 2.75) is 20.8 Å². The molecule has 274 valence electrons. The van der Waals surface area contributed by atoms with Gasteiger partial charge >= 0.3 is 0 Å². The molecular formula is C55H44N2. The van der Waals surface area contributed by atoms with E-state index in [9.17, 15) is 0 Å². The van der Waals surface area contributed by atoms with Gasteiger partial charge in [0.05, 0.1) is 22.2 Å². The van der Waals surface area contributed by atoms with Crippen LogP contribution < -0.4 is 0 Å². The predicted octanol–water partition coefficient (Wildman–Crippen LogP) is 15.4. The van der Waals surface area contributed by atoms with E-state index in [1.807, 2.05) is 13.8 Å². The van der Waals surface area contributed by atoms with Crippen LogP contribution in [-0.4, -0.2) is 9.13 Å². The molecule has 2 heterocycles. The number of aromatic nitrogens is 2. The molecule has 2 aromatic heterocycles. The van der Waals surface area contributed by atoms with Crippen LogP contribution in [0.5, 0.6) is 0 Å². The molecule has 10 rings (SSSR count). The largest absolute Gasteiger partial charge is 0.316 e. The van der Waals surface area contributed by atoms with E-state index >= 15 is 0 Å². The van der Waals surface area contributed by atoms with Crippen LogP contribution in [0.3, 0.4) is 0 Å². The maximum atomic E-state index is 4.56. The van der Waals surface area contributed by atoms with Gasteiger partial charge in [-0.3, -0.25) is 0 Å². The molecule has 0 amide bonds. The lowest BCUT2D eigenvalue weighted by Gasteiger charge is -2.13. The zero-order valence-electron chi connectivity index (χ0n) is 32.7. The zero-order chi connectivity index (χ0) is 38.9. The summed E-state index contributed by atoms with van der Waals surface area (Å²) in [7, 11) is 0. The van der Waals surface area contributed by atoms with Gasteiger partial charge in [0.2, 0.25) is 0 Å². The maximum Gasteiger partial charge on any atom is 0.0547 e. The highest BCUT2D eigenvalue weighted by molar-refractivity contribution is 6.22. The van der Waals surface area contributed by atoms with Crippen molar-refractivity contribution in [1.29, 1.82) is 0 Å². The molecule has 0 saturated heterocycles. The molecule has 0 bridgehead atoms. The average molecular weight is 733 g/mol. The lowest BCUT2D eigenvalue weighted by molar-refractivity contribution is 1.14. The van der Waals surface area contributed by atoms with Gasteiger partial charge in [-0.25, -0.2) is 0 Å². The van der Waals surface area contributed by atoms with Crippen molar-refractivity contribution in [1.82, 2.24) is 9.13 Å². The summed E-state index contributed by atoms with van der Waals surface area (Å²) in [6.45, 7) is 10.8. The molecule has 0 atom stereocenters. The highest BCUT2D eigenvalue weighted by Gasteiger charge is 2.18. The number of hydrogen-bond acceptors (Lipinski definition) is 0. The van der Waals surface area contributed by atoms with Gasteiger partial charge in [-0.1, -0.05) is 160 Å². The van der Waals surface area contributed by atoms with Gasteiger partial charge in [-0.2, -0.15) is 0 Å². The summed E-state index contributed by atoms with van der Waals surface area (Å²) < 4.78 is 4.74. The number of fused-ring (bicyclic) bond motifs is 7. The van der Waals surface area contributed by atoms with Crippen molar-refractivity contribution >= 4 is 71.1 Å². The van der Waals surface area contributed by atoms with E-state index < -0.39 is 0 Å². The molecule has 0 spiro atoms. The second-order valence-corrected chi connectivity index (χ2v) is 14.4. The molecule has 57 heavy (non-hydrogen) atoms. The summed E-state index contributed by atoms with van der Waals surface area (Å²) in [5.74, 6) is 0. The SMILES string of the molecule is C=C(/C=C(\C=C(/C)c1ccccc1)n1c2ccc(-c3ccc4c(ccn4-c4cccc5ccccc45)c3)cc2c2c3ccccc3ccc21)c1ccccc1.CC. The Morgan fingerprint density at radius 1 is 0.474 bits per heavy atom. The van der Waals surface area contributed by atoms with Crippen LogP contribution in [0, 0.1) is 0 Å². The van der Waals surface area contributed by atoms with Crippen LogP contribution in [0.25, 0.3) is 87.9 Å². The number of benzene rings is 8. The van der Waals surface area contributed by atoms with Crippen LogP contribution >= 0.6 is 0 Å². The Morgan fingerprint density at radius 2 is 1.07 bits per heavy atom. The van der Waals surface area contributed by atoms with Crippen molar-refractivity contribution in [2.75, 3.05) is 0 Å². The van der Waals surface area contributed by atoms with Crippen LogP contribution in [0.15, 0.2) is 207 Å². The Bertz CT molecular complexity index is 3150. The quantitative estimate of drug-likeness (QED) is 0.144. The first-order valence-electron chi connectivity index (χ1n) is 19.9. The summed E-state index contributed by atoms with van der Waals surface area (Å²) >= 11 is 0. The third-order valence-corrected chi connectivity index (χ3v) is 11.0. The second-order valence-electron chi connectivity index (χ2n) is 14.4. The molecular weight excluding hydrogens is 689 g/mol. The van der Waals surface area contributed by atoms with Crippen molar-refractivity contribution in [3.63, 3.8) is 0 Å². The molecule has 2 heteroatoms. The normalized spacial score (nSPS) is 12.1. The van der Waals surface area contributed by atoms with E-state index in [2.05, 4.69) is 223 Å². The van der Waals surface area contributed by atoms with Gasteiger partial charge in [-0.15, -0.1) is 0 Å². The van der Waals surface area contributed by atoms with Gasteiger partial charge in [0, 0.05) is 33.4 Å². The van der Waals surface area contributed by atoms with Gasteiger partial charge in [0.1, 0.15) is 0 Å². The summed E-state index contributed by atoms with van der Waals surface area (Å²) in [4.78, 5) is 0. The molecule has 0 aliphatic rings. The average Bonchev–Trinajstić information content (AvgIpc) is 3.86. The first-order chi connectivity index (χ1) is 28.1. The fourth-order valence-corrected chi connectivity index (χ4v) is 8.29. The molecule has 8 aromatic carbocycles. The van der Waals surface area contributed by atoms with Gasteiger partial charge < -0.3 is 9.13 Å². The van der Waals surface area contributed by atoms with E-state index in [1.54, 1.807) is 0 Å². The molecule has 0 fully saturated rings.